The molecule has 1 aromatic heterocycles. The van der Waals surface area contributed by atoms with Gasteiger partial charge in [-0.15, -0.1) is 11.3 Å². The number of aromatic nitrogens is 1. The van der Waals surface area contributed by atoms with Crippen molar-refractivity contribution >= 4 is 11.3 Å². The lowest BCUT2D eigenvalue weighted by molar-refractivity contribution is 0.448. The summed E-state index contributed by atoms with van der Waals surface area (Å²) in [6.07, 6.45) is 2.14. The Morgan fingerprint density at radius 1 is 1.20 bits per heavy atom. The maximum absolute atomic E-state index is 4.69. The fourth-order valence-electron chi connectivity index (χ4n) is 2.71. The topological polar surface area (TPSA) is 24.9 Å². The summed E-state index contributed by atoms with van der Waals surface area (Å²) in [6, 6.07) is 11.2. The van der Waals surface area contributed by atoms with Gasteiger partial charge in [0.15, 0.2) is 0 Å². The van der Waals surface area contributed by atoms with Gasteiger partial charge in [0.05, 0.1) is 10.7 Å². The molecule has 2 nitrogen and oxygen atoms in total. The van der Waals surface area contributed by atoms with Crippen molar-refractivity contribution in [3.63, 3.8) is 0 Å². The third-order valence-corrected chi connectivity index (χ3v) is 5.09. The zero-order valence-electron chi connectivity index (χ0n) is 12.8. The number of nitrogens with zero attached hydrogens (tertiary/aromatic N) is 1. The second-order valence-corrected chi connectivity index (χ2v) is 6.56. The van der Waals surface area contributed by atoms with Crippen molar-refractivity contribution in [1.29, 1.82) is 0 Å². The second kappa shape index (κ2) is 7.00. The van der Waals surface area contributed by atoms with E-state index < -0.39 is 0 Å². The zero-order valence-corrected chi connectivity index (χ0v) is 13.6. The standard InChI is InChI=1S/C17H24N2S/c1-5-15(14-9-7-6-8-10-14)16(18-4)11-17-19-12(2)13(3)20-17/h6-10,15-16,18H,5,11H2,1-4H3. The van der Waals surface area contributed by atoms with Gasteiger partial charge in [-0.25, -0.2) is 4.98 Å². The molecule has 0 saturated heterocycles. The summed E-state index contributed by atoms with van der Waals surface area (Å²) in [5.74, 6) is 0.533. The molecule has 1 heterocycles. The van der Waals surface area contributed by atoms with E-state index in [-0.39, 0.29) is 0 Å². The van der Waals surface area contributed by atoms with Gasteiger partial charge in [0.25, 0.3) is 0 Å². The molecule has 1 aromatic carbocycles. The van der Waals surface area contributed by atoms with Crippen LogP contribution in [0.15, 0.2) is 30.3 Å². The summed E-state index contributed by atoms with van der Waals surface area (Å²) >= 11 is 1.83. The van der Waals surface area contributed by atoms with E-state index in [4.69, 9.17) is 0 Å². The van der Waals surface area contributed by atoms with Crippen LogP contribution in [0.25, 0.3) is 0 Å². The minimum Gasteiger partial charge on any atom is -0.316 e. The predicted molar refractivity (Wildman–Crippen MR) is 87.6 cm³/mol. The highest BCUT2D eigenvalue weighted by atomic mass is 32.1. The first kappa shape index (κ1) is 15.2. The van der Waals surface area contributed by atoms with E-state index in [0.29, 0.717) is 12.0 Å². The van der Waals surface area contributed by atoms with E-state index in [0.717, 1.165) is 12.8 Å². The molecule has 0 aliphatic rings. The van der Waals surface area contributed by atoms with Crippen molar-refractivity contribution in [2.24, 2.45) is 0 Å². The Morgan fingerprint density at radius 2 is 1.90 bits per heavy atom. The molecule has 3 heteroatoms. The molecule has 2 aromatic rings. The maximum Gasteiger partial charge on any atom is 0.0946 e. The number of hydrogen-bond acceptors (Lipinski definition) is 3. The first-order valence-corrected chi connectivity index (χ1v) is 8.12. The Kier molecular flexibility index (Phi) is 5.32. The Bertz CT molecular complexity index is 514. The Balaban J connectivity index is 2.17. The Labute approximate surface area is 126 Å². The average molecular weight is 288 g/mol. The van der Waals surface area contributed by atoms with E-state index in [2.05, 4.69) is 68.5 Å². The number of thiazole rings is 1. The lowest BCUT2D eigenvalue weighted by Gasteiger charge is -2.25. The van der Waals surface area contributed by atoms with Crippen molar-refractivity contribution in [2.45, 2.75) is 45.6 Å². The number of hydrogen-bond donors (Lipinski definition) is 1. The summed E-state index contributed by atoms with van der Waals surface area (Å²) in [4.78, 5) is 6.02. The van der Waals surface area contributed by atoms with Crippen LogP contribution in [0.1, 0.15) is 40.4 Å². The number of rotatable bonds is 6. The van der Waals surface area contributed by atoms with Crippen molar-refractivity contribution in [3.8, 4) is 0 Å². The SMILES string of the molecule is CCC(c1ccccc1)C(Cc1nc(C)c(C)s1)NC. The number of likely N-dealkylation sites (N-methyl/N-ethyl adjacent to an activating group) is 1. The molecular formula is C17H24N2S. The van der Waals surface area contributed by atoms with E-state index in [9.17, 15) is 0 Å². The Hall–Kier alpha value is -1.19. The fourth-order valence-corrected chi connectivity index (χ4v) is 3.71. The molecule has 20 heavy (non-hydrogen) atoms. The summed E-state index contributed by atoms with van der Waals surface area (Å²) in [5, 5.41) is 4.74. The number of aryl methyl sites for hydroxylation is 2. The van der Waals surface area contributed by atoms with Crippen LogP contribution in [-0.2, 0) is 6.42 Å². The van der Waals surface area contributed by atoms with E-state index in [1.807, 2.05) is 11.3 Å². The van der Waals surface area contributed by atoms with Crippen LogP contribution in [0.4, 0.5) is 0 Å². The van der Waals surface area contributed by atoms with Gasteiger partial charge < -0.3 is 5.32 Å². The molecule has 0 spiro atoms. The van der Waals surface area contributed by atoms with E-state index >= 15 is 0 Å². The van der Waals surface area contributed by atoms with Gasteiger partial charge in [-0.1, -0.05) is 37.3 Å². The molecular weight excluding hydrogens is 264 g/mol. The minimum absolute atomic E-state index is 0.437. The van der Waals surface area contributed by atoms with Crippen molar-refractivity contribution in [2.75, 3.05) is 7.05 Å². The maximum atomic E-state index is 4.69. The summed E-state index contributed by atoms with van der Waals surface area (Å²) in [5.41, 5.74) is 2.59. The summed E-state index contributed by atoms with van der Waals surface area (Å²) in [6.45, 7) is 6.51. The lowest BCUT2D eigenvalue weighted by atomic mass is 9.87. The molecule has 0 radical (unpaired) electrons. The molecule has 0 saturated carbocycles. The molecule has 2 atom stereocenters. The third-order valence-electron chi connectivity index (χ3n) is 3.99. The van der Waals surface area contributed by atoms with Crippen LogP contribution in [-0.4, -0.2) is 18.1 Å². The second-order valence-electron chi connectivity index (χ2n) is 5.27. The van der Waals surface area contributed by atoms with Crippen LogP contribution < -0.4 is 5.32 Å². The molecule has 108 valence electrons. The first-order chi connectivity index (χ1) is 9.65. The lowest BCUT2D eigenvalue weighted by Crippen LogP contribution is -2.34. The largest absolute Gasteiger partial charge is 0.316 e. The molecule has 0 fully saturated rings. The van der Waals surface area contributed by atoms with Crippen molar-refractivity contribution < 1.29 is 0 Å². The van der Waals surface area contributed by atoms with E-state index in [1.54, 1.807) is 0 Å². The van der Waals surface area contributed by atoms with Crippen molar-refractivity contribution in [1.82, 2.24) is 10.3 Å². The highest BCUT2D eigenvalue weighted by Crippen LogP contribution is 2.27. The predicted octanol–water partition coefficient (Wildman–Crippen LogP) is 4.08. The van der Waals surface area contributed by atoms with Crippen LogP contribution in [0.3, 0.4) is 0 Å². The van der Waals surface area contributed by atoms with E-state index in [1.165, 1.54) is 21.1 Å². The van der Waals surface area contributed by atoms with Gasteiger partial charge in [-0.3, -0.25) is 0 Å². The van der Waals surface area contributed by atoms with Crippen LogP contribution in [0, 0.1) is 13.8 Å². The normalized spacial score (nSPS) is 14.2. The molecule has 2 unspecified atom stereocenters. The van der Waals surface area contributed by atoms with Gasteiger partial charge in [0, 0.05) is 17.3 Å². The quantitative estimate of drug-likeness (QED) is 0.866. The molecule has 2 rings (SSSR count). The van der Waals surface area contributed by atoms with Crippen LogP contribution in [0.5, 0.6) is 0 Å². The molecule has 1 N–H and O–H groups in total. The van der Waals surface area contributed by atoms with Gasteiger partial charge in [0.1, 0.15) is 0 Å². The molecule has 0 aliphatic carbocycles. The van der Waals surface area contributed by atoms with Crippen molar-refractivity contribution in [3.05, 3.63) is 51.5 Å². The monoisotopic (exact) mass is 288 g/mol. The number of benzene rings is 1. The highest BCUT2D eigenvalue weighted by Gasteiger charge is 2.21. The smallest absolute Gasteiger partial charge is 0.0946 e. The molecule has 0 amide bonds. The Morgan fingerprint density at radius 3 is 2.40 bits per heavy atom. The van der Waals surface area contributed by atoms with Crippen LogP contribution in [0.2, 0.25) is 0 Å². The van der Waals surface area contributed by atoms with Gasteiger partial charge in [-0.05, 0) is 38.8 Å². The average Bonchev–Trinajstić information content (AvgIpc) is 2.78. The van der Waals surface area contributed by atoms with Crippen LogP contribution >= 0.6 is 11.3 Å². The fraction of sp³-hybridized carbons (Fsp3) is 0.471. The molecule has 0 aliphatic heterocycles. The summed E-state index contributed by atoms with van der Waals surface area (Å²) in [7, 11) is 2.06. The highest BCUT2D eigenvalue weighted by molar-refractivity contribution is 7.11. The minimum atomic E-state index is 0.437. The third kappa shape index (κ3) is 3.47. The number of nitrogens with one attached hydrogen (secondary N) is 1. The molecule has 0 bridgehead atoms. The summed E-state index contributed by atoms with van der Waals surface area (Å²) < 4.78 is 0. The zero-order chi connectivity index (χ0) is 14.5. The van der Waals surface area contributed by atoms with Gasteiger partial charge in [0.2, 0.25) is 0 Å². The van der Waals surface area contributed by atoms with Gasteiger partial charge >= 0.3 is 0 Å². The van der Waals surface area contributed by atoms with Gasteiger partial charge in [-0.2, -0.15) is 0 Å². The first-order valence-electron chi connectivity index (χ1n) is 7.30.